The molecule has 1 N–H and O–H groups in total. The van der Waals surface area contributed by atoms with Gasteiger partial charge in [0.15, 0.2) is 0 Å². The van der Waals surface area contributed by atoms with Crippen molar-refractivity contribution < 1.29 is 13.2 Å². The topological polar surface area (TPSA) is 58.6 Å². The molecule has 5 nitrogen and oxygen atoms in total. The van der Waals surface area contributed by atoms with Crippen molar-refractivity contribution in [3.05, 3.63) is 28.2 Å². The van der Waals surface area contributed by atoms with E-state index in [-0.39, 0.29) is 4.90 Å². The monoisotopic (exact) mass is 376 g/mol. The lowest BCUT2D eigenvalue weighted by atomic mass is 10.2. The lowest BCUT2D eigenvalue weighted by Crippen LogP contribution is -2.30. The van der Waals surface area contributed by atoms with Crippen LogP contribution in [-0.2, 0) is 21.3 Å². The summed E-state index contributed by atoms with van der Waals surface area (Å²) in [6.45, 7) is 1.47. The van der Waals surface area contributed by atoms with Gasteiger partial charge >= 0.3 is 0 Å². The number of ether oxygens (including phenoxy) is 1. The molecule has 0 bridgehead atoms. The van der Waals surface area contributed by atoms with Crippen LogP contribution in [0, 0.1) is 0 Å². The van der Waals surface area contributed by atoms with Crippen LogP contribution in [0.5, 0.6) is 0 Å². The van der Waals surface area contributed by atoms with E-state index in [1.165, 1.54) is 17.1 Å². The first-order valence-electron chi connectivity index (χ1n) is 6.92. The summed E-state index contributed by atoms with van der Waals surface area (Å²) in [6, 6.07) is 6.02. The van der Waals surface area contributed by atoms with Gasteiger partial charge in [0, 0.05) is 37.8 Å². The van der Waals surface area contributed by atoms with Crippen LogP contribution in [0.15, 0.2) is 27.6 Å². The minimum atomic E-state index is -3.49. The number of nitrogens with one attached hydrogen (secondary N) is 1. The third-order valence-electron chi connectivity index (χ3n) is 3.47. The van der Waals surface area contributed by atoms with Gasteiger partial charge in [0.2, 0.25) is 10.0 Å². The fourth-order valence-corrected chi connectivity index (χ4v) is 4.16. The highest BCUT2D eigenvalue weighted by Crippen LogP contribution is 2.26. The maximum atomic E-state index is 12.5. The lowest BCUT2D eigenvalue weighted by Gasteiger charge is -2.18. The maximum absolute atomic E-state index is 12.5. The number of hydrogen-bond donors (Lipinski definition) is 1. The molecular weight excluding hydrogens is 356 g/mol. The average Bonchev–Trinajstić information content (AvgIpc) is 3.26. The van der Waals surface area contributed by atoms with Crippen LogP contribution in [0.3, 0.4) is 0 Å². The van der Waals surface area contributed by atoms with Crippen LogP contribution in [0.2, 0.25) is 0 Å². The Bertz CT molecular complexity index is 588. The molecule has 1 aliphatic rings. The molecule has 2 rings (SSSR count). The standard InChI is InChI=1S/C14H21BrN2O3S/c1-17(7-8-20-2)21(18,19)14-6-3-11(9-13(14)15)10-16-12-4-5-12/h3,6,9,12,16H,4-5,7-8,10H2,1-2H3. The summed E-state index contributed by atoms with van der Waals surface area (Å²) in [5.41, 5.74) is 1.08. The molecule has 0 aliphatic heterocycles. The first-order valence-corrected chi connectivity index (χ1v) is 9.15. The molecule has 0 aromatic heterocycles. The van der Waals surface area contributed by atoms with Gasteiger partial charge in [0.25, 0.3) is 0 Å². The van der Waals surface area contributed by atoms with E-state index in [0.717, 1.165) is 12.1 Å². The van der Waals surface area contributed by atoms with E-state index < -0.39 is 10.0 Å². The molecule has 21 heavy (non-hydrogen) atoms. The van der Waals surface area contributed by atoms with Crippen LogP contribution in [0.25, 0.3) is 0 Å². The summed E-state index contributed by atoms with van der Waals surface area (Å²) in [4.78, 5) is 0.288. The summed E-state index contributed by atoms with van der Waals surface area (Å²) >= 11 is 3.38. The van der Waals surface area contributed by atoms with E-state index >= 15 is 0 Å². The molecule has 1 fully saturated rings. The van der Waals surface area contributed by atoms with Gasteiger partial charge < -0.3 is 10.1 Å². The molecule has 0 unspecified atom stereocenters. The average molecular weight is 377 g/mol. The van der Waals surface area contributed by atoms with Gasteiger partial charge in [-0.25, -0.2) is 8.42 Å². The lowest BCUT2D eigenvalue weighted by molar-refractivity contribution is 0.185. The highest BCUT2D eigenvalue weighted by molar-refractivity contribution is 9.10. The van der Waals surface area contributed by atoms with Gasteiger partial charge in [-0.3, -0.25) is 0 Å². The molecule has 7 heteroatoms. The molecule has 1 aromatic carbocycles. The smallest absolute Gasteiger partial charge is 0.244 e. The zero-order valence-electron chi connectivity index (χ0n) is 12.3. The third kappa shape index (κ3) is 4.50. The Morgan fingerprint density at radius 1 is 1.43 bits per heavy atom. The quantitative estimate of drug-likeness (QED) is 0.753. The molecule has 0 spiro atoms. The summed E-state index contributed by atoms with van der Waals surface area (Å²) < 4.78 is 31.8. The van der Waals surface area contributed by atoms with Crippen molar-refractivity contribution in [2.24, 2.45) is 0 Å². The fraction of sp³-hybridized carbons (Fsp3) is 0.571. The third-order valence-corrected chi connectivity index (χ3v) is 6.30. The minimum absolute atomic E-state index is 0.288. The van der Waals surface area contributed by atoms with Crippen molar-refractivity contribution in [3.8, 4) is 0 Å². The Hall–Kier alpha value is -0.470. The zero-order valence-corrected chi connectivity index (χ0v) is 14.7. The second kappa shape index (κ2) is 7.19. The van der Waals surface area contributed by atoms with Gasteiger partial charge in [0.1, 0.15) is 0 Å². The van der Waals surface area contributed by atoms with E-state index in [4.69, 9.17) is 4.74 Å². The molecule has 0 atom stereocenters. The van der Waals surface area contributed by atoms with Gasteiger partial charge in [-0.1, -0.05) is 6.07 Å². The van der Waals surface area contributed by atoms with Crippen LogP contribution in [-0.4, -0.2) is 46.1 Å². The second-order valence-corrected chi connectivity index (χ2v) is 8.11. The second-order valence-electron chi connectivity index (χ2n) is 5.24. The number of sulfonamides is 1. The number of likely N-dealkylation sites (N-methyl/N-ethyl adjacent to an activating group) is 1. The van der Waals surface area contributed by atoms with Gasteiger partial charge in [-0.05, 0) is 46.5 Å². The predicted molar refractivity (Wildman–Crippen MR) is 85.7 cm³/mol. The first kappa shape index (κ1) is 16.9. The van der Waals surface area contributed by atoms with E-state index in [2.05, 4.69) is 21.2 Å². The summed E-state index contributed by atoms with van der Waals surface area (Å²) in [6.07, 6.45) is 2.47. The molecule has 1 saturated carbocycles. The van der Waals surface area contributed by atoms with E-state index in [0.29, 0.717) is 23.7 Å². The summed E-state index contributed by atoms with van der Waals surface area (Å²) in [7, 11) is -0.379. The number of nitrogens with zero attached hydrogens (tertiary/aromatic N) is 1. The van der Waals surface area contributed by atoms with E-state index in [1.54, 1.807) is 20.2 Å². The number of benzene rings is 1. The van der Waals surface area contributed by atoms with Crippen molar-refractivity contribution in [3.63, 3.8) is 0 Å². The molecule has 0 heterocycles. The van der Waals surface area contributed by atoms with E-state index in [9.17, 15) is 8.42 Å². The molecule has 0 saturated heterocycles. The van der Waals surface area contributed by atoms with Crippen molar-refractivity contribution in [1.82, 2.24) is 9.62 Å². The molecule has 1 aliphatic carbocycles. The van der Waals surface area contributed by atoms with Gasteiger partial charge in [-0.2, -0.15) is 4.31 Å². The zero-order chi connectivity index (χ0) is 15.5. The van der Waals surface area contributed by atoms with Gasteiger partial charge in [-0.15, -0.1) is 0 Å². The number of methoxy groups -OCH3 is 1. The fourth-order valence-electron chi connectivity index (χ4n) is 1.92. The molecule has 118 valence electrons. The normalized spacial score (nSPS) is 15.6. The minimum Gasteiger partial charge on any atom is -0.383 e. The number of rotatable bonds is 8. The van der Waals surface area contributed by atoms with Crippen LogP contribution < -0.4 is 5.32 Å². The molecule has 0 amide bonds. The van der Waals surface area contributed by atoms with Crippen LogP contribution >= 0.6 is 15.9 Å². The SMILES string of the molecule is COCCN(C)S(=O)(=O)c1ccc(CNC2CC2)cc1Br. The van der Waals surface area contributed by atoms with Crippen molar-refractivity contribution >= 4 is 26.0 Å². The Kier molecular flexibility index (Phi) is 5.79. The highest BCUT2D eigenvalue weighted by Gasteiger charge is 2.24. The van der Waals surface area contributed by atoms with Crippen LogP contribution in [0.4, 0.5) is 0 Å². The van der Waals surface area contributed by atoms with Crippen molar-refractivity contribution in [2.75, 3.05) is 27.3 Å². The molecular formula is C14H21BrN2O3S. The van der Waals surface area contributed by atoms with Crippen LogP contribution in [0.1, 0.15) is 18.4 Å². The predicted octanol–water partition coefficient (Wildman–Crippen LogP) is 1.97. The Morgan fingerprint density at radius 2 is 2.14 bits per heavy atom. The number of hydrogen-bond acceptors (Lipinski definition) is 4. The summed E-state index contributed by atoms with van der Waals surface area (Å²) in [5, 5.41) is 3.41. The molecule has 1 aromatic rings. The Morgan fingerprint density at radius 3 is 2.71 bits per heavy atom. The Balaban J connectivity index is 2.10. The maximum Gasteiger partial charge on any atom is 0.244 e. The first-order chi connectivity index (χ1) is 9.95. The highest BCUT2D eigenvalue weighted by atomic mass is 79.9. The number of halogens is 1. The Labute approximate surface area is 134 Å². The summed E-state index contributed by atoms with van der Waals surface area (Å²) in [5.74, 6) is 0. The van der Waals surface area contributed by atoms with E-state index in [1.807, 2.05) is 12.1 Å². The van der Waals surface area contributed by atoms with Crippen molar-refractivity contribution in [1.29, 1.82) is 0 Å². The van der Waals surface area contributed by atoms with Crippen molar-refractivity contribution in [2.45, 2.75) is 30.3 Å². The molecule has 0 radical (unpaired) electrons. The van der Waals surface area contributed by atoms with Gasteiger partial charge in [0.05, 0.1) is 11.5 Å². The largest absolute Gasteiger partial charge is 0.383 e.